The predicted molar refractivity (Wildman–Crippen MR) is 141 cm³/mol. The number of amides is 2. The Bertz CT molecular complexity index is 1020. The molecule has 0 bridgehead atoms. The first-order chi connectivity index (χ1) is 16.0. The smallest absolute Gasteiger partial charge is 0.257 e. The van der Waals surface area contributed by atoms with Crippen molar-refractivity contribution in [2.24, 2.45) is 5.41 Å². The lowest BCUT2D eigenvalue weighted by Crippen LogP contribution is -2.51. The molecule has 2 amide bonds. The van der Waals surface area contributed by atoms with Crippen LogP contribution in [0.25, 0.3) is 0 Å². The van der Waals surface area contributed by atoms with E-state index >= 15 is 0 Å². The second-order valence-corrected chi connectivity index (χ2v) is 10.1. The second-order valence-electron chi connectivity index (χ2n) is 9.68. The van der Waals surface area contributed by atoms with Crippen molar-refractivity contribution in [3.8, 4) is 5.75 Å². The highest BCUT2D eigenvalue weighted by Crippen LogP contribution is 2.23. The fourth-order valence-electron chi connectivity index (χ4n) is 3.72. The van der Waals surface area contributed by atoms with E-state index in [9.17, 15) is 9.59 Å². The van der Waals surface area contributed by atoms with Gasteiger partial charge in [0.15, 0.2) is 5.11 Å². The van der Waals surface area contributed by atoms with Crippen LogP contribution in [0.5, 0.6) is 5.75 Å². The zero-order valence-electron chi connectivity index (χ0n) is 20.6. The molecule has 0 unspecified atom stereocenters. The van der Waals surface area contributed by atoms with Gasteiger partial charge in [0, 0.05) is 48.5 Å². The SMILES string of the molecule is CC(C)Oc1cccc(C(=O)NC(=S)Nc2ccc(N3CCN(C(=O)C(C)(C)C)CC3)cc2)c1. The maximum Gasteiger partial charge on any atom is 0.257 e. The average Bonchev–Trinajstić information content (AvgIpc) is 2.78. The molecular formula is C26H34N4O3S. The van der Waals surface area contributed by atoms with Gasteiger partial charge >= 0.3 is 0 Å². The van der Waals surface area contributed by atoms with Gasteiger partial charge in [0.2, 0.25) is 5.91 Å². The summed E-state index contributed by atoms with van der Waals surface area (Å²) in [5.41, 5.74) is 1.99. The largest absolute Gasteiger partial charge is 0.491 e. The van der Waals surface area contributed by atoms with E-state index in [-0.39, 0.29) is 28.4 Å². The Balaban J connectivity index is 1.51. The van der Waals surface area contributed by atoms with Gasteiger partial charge in [-0.15, -0.1) is 0 Å². The summed E-state index contributed by atoms with van der Waals surface area (Å²) in [5, 5.41) is 5.99. The Morgan fingerprint density at radius 2 is 1.65 bits per heavy atom. The Morgan fingerprint density at radius 1 is 1.00 bits per heavy atom. The lowest BCUT2D eigenvalue weighted by Gasteiger charge is -2.38. The minimum atomic E-state index is -0.353. The van der Waals surface area contributed by atoms with Crippen molar-refractivity contribution in [2.75, 3.05) is 36.4 Å². The van der Waals surface area contributed by atoms with E-state index in [1.165, 1.54) is 0 Å². The molecule has 0 aromatic heterocycles. The van der Waals surface area contributed by atoms with Gasteiger partial charge < -0.3 is 19.9 Å². The number of benzene rings is 2. The number of carbonyl (C=O) groups is 2. The monoisotopic (exact) mass is 482 g/mol. The molecule has 0 aliphatic carbocycles. The first-order valence-corrected chi connectivity index (χ1v) is 12.0. The fraction of sp³-hybridized carbons (Fsp3) is 0.423. The molecule has 0 saturated carbocycles. The first-order valence-electron chi connectivity index (χ1n) is 11.6. The Labute approximate surface area is 207 Å². The van der Waals surface area contributed by atoms with E-state index in [2.05, 4.69) is 15.5 Å². The van der Waals surface area contributed by atoms with Gasteiger partial charge in [0.05, 0.1) is 6.10 Å². The first kappa shape index (κ1) is 25.5. The highest BCUT2D eigenvalue weighted by Gasteiger charge is 2.29. The summed E-state index contributed by atoms with van der Waals surface area (Å²) in [6.45, 7) is 12.8. The van der Waals surface area contributed by atoms with E-state index in [0.29, 0.717) is 11.3 Å². The van der Waals surface area contributed by atoms with Crippen LogP contribution in [0, 0.1) is 5.41 Å². The summed E-state index contributed by atoms with van der Waals surface area (Å²) in [4.78, 5) is 29.2. The van der Waals surface area contributed by atoms with Crippen LogP contribution in [0.4, 0.5) is 11.4 Å². The number of hydrogen-bond donors (Lipinski definition) is 2. The summed E-state index contributed by atoms with van der Waals surface area (Å²) in [6, 6.07) is 14.9. The second kappa shape index (κ2) is 10.9. The fourth-order valence-corrected chi connectivity index (χ4v) is 3.93. The van der Waals surface area contributed by atoms with E-state index in [4.69, 9.17) is 17.0 Å². The van der Waals surface area contributed by atoms with Crippen molar-refractivity contribution in [2.45, 2.75) is 40.7 Å². The van der Waals surface area contributed by atoms with Crippen molar-refractivity contribution in [3.05, 3.63) is 54.1 Å². The molecule has 8 heteroatoms. The number of ether oxygens (including phenoxy) is 1. The molecule has 182 valence electrons. The topological polar surface area (TPSA) is 73.9 Å². The molecule has 2 aromatic rings. The third-order valence-corrected chi connectivity index (χ3v) is 5.60. The summed E-state index contributed by atoms with van der Waals surface area (Å²) in [7, 11) is 0. The van der Waals surface area contributed by atoms with Crippen LogP contribution < -0.4 is 20.3 Å². The number of piperazine rings is 1. The summed E-state index contributed by atoms with van der Waals surface area (Å²) in [5.74, 6) is 0.535. The summed E-state index contributed by atoms with van der Waals surface area (Å²) < 4.78 is 5.65. The number of nitrogens with one attached hydrogen (secondary N) is 2. The number of hydrogen-bond acceptors (Lipinski definition) is 5. The molecule has 0 atom stereocenters. The standard InChI is InChI=1S/C26H34N4O3S/c1-18(2)33-22-8-6-7-19(17-22)23(31)28-25(34)27-20-9-11-21(12-10-20)29-13-15-30(16-14-29)24(32)26(3,4)5/h6-12,17-18H,13-16H2,1-5H3,(H2,27,28,31,34). The van der Waals surface area contributed by atoms with Crippen molar-refractivity contribution < 1.29 is 14.3 Å². The molecular weight excluding hydrogens is 448 g/mol. The molecule has 34 heavy (non-hydrogen) atoms. The molecule has 1 aliphatic heterocycles. The highest BCUT2D eigenvalue weighted by atomic mass is 32.1. The Kier molecular flexibility index (Phi) is 8.15. The lowest BCUT2D eigenvalue weighted by atomic mass is 9.94. The zero-order chi connectivity index (χ0) is 24.9. The minimum absolute atomic E-state index is 0.0267. The highest BCUT2D eigenvalue weighted by molar-refractivity contribution is 7.80. The van der Waals surface area contributed by atoms with E-state index < -0.39 is 0 Å². The van der Waals surface area contributed by atoms with Crippen LogP contribution in [-0.4, -0.2) is 54.1 Å². The summed E-state index contributed by atoms with van der Waals surface area (Å²) in [6.07, 6.45) is 0.0267. The molecule has 1 fully saturated rings. The average molecular weight is 483 g/mol. The number of thiocarbonyl (C=S) groups is 1. The van der Waals surface area contributed by atoms with Crippen LogP contribution in [0.15, 0.2) is 48.5 Å². The molecule has 7 nitrogen and oxygen atoms in total. The van der Waals surface area contributed by atoms with E-state index in [0.717, 1.165) is 37.6 Å². The quantitative estimate of drug-likeness (QED) is 0.619. The summed E-state index contributed by atoms with van der Waals surface area (Å²) >= 11 is 5.32. The van der Waals surface area contributed by atoms with Crippen LogP contribution in [0.1, 0.15) is 45.0 Å². The van der Waals surface area contributed by atoms with Crippen LogP contribution in [-0.2, 0) is 4.79 Å². The van der Waals surface area contributed by atoms with Gasteiger partial charge in [0.1, 0.15) is 5.75 Å². The molecule has 3 rings (SSSR count). The molecule has 2 N–H and O–H groups in total. The minimum Gasteiger partial charge on any atom is -0.491 e. The van der Waals surface area contributed by atoms with Crippen molar-refractivity contribution in [3.63, 3.8) is 0 Å². The Hall–Kier alpha value is -3.13. The van der Waals surface area contributed by atoms with Crippen molar-refractivity contribution in [1.82, 2.24) is 10.2 Å². The van der Waals surface area contributed by atoms with Gasteiger partial charge in [-0.3, -0.25) is 14.9 Å². The third kappa shape index (κ3) is 6.93. The molecule has 0 spiro atoms. The van der Waals surface area contributed by atoms with E-state index in [1.807, 2.05) is 69.9 Å². The Morgan fingerprint density at radius 3 is 2.24 bits per heavy atom. The van der Waals surface area contributed by atoms with Gasteiger partial charge in [0.25, 0.3) is 5.91 Å². The van der Waals surface area contributed by atoms with Gasteiger partial charge in [-0.2, -0.15) is 0 Å². The number of anilines is 2. The van der Waals surface area contributed by atoms with Crippen molar-refractivity contribution >= 4 is 40.5 Å². The predicted octanol–water partition coefficient (Wildman–Crippen LogP) is 4.30. The van der Waals surface area contributed by atoms with E-state index in [1.54, 1.807) is 18.2 Å². The molecule has 1 heterocycles. The number of nitrogens with zero attached hydrogens (tertiary/aromatic N) is 2. The number of rotatable bonds is 5. The van der Waals surface area contributed by atoms with Crippen LogP contribution in [0.2, 0.25) is 0 Å². The third-order valence-electron chi connectivity index (χ3n) is 5.39. The van der Waals surface area contributed by atoms with Gasteiger partial charge in [-0.25, -0.2) is 0 Å². The lowest BCUT2D eigenvalue weighted by molar-refractivity contribution is -0.139. The van der Waals surface area contributed by atoms with Gasteiger partial charge in [-0.05, 0) is 68.5 Å². The molecule has 1 aliphatic rings. The van der Waals surface area contributed by atoms with Crippen LogP contribution in [0.3, 0.4) is 0 Å². The van der Waals surface area contributed by atoms with Gasteiger partial charge in [-0.1, -0.05) is 26.8 Å². The zero-order valence-corrected chi connectivity index (χ0v) is 21.4. The normalized spacial score (nSPS) is 14.1. The van der Waals surface area contributed by atoms with Crippen molar-refractivity contribution in [1.29, 1.82) is 0 Å². The maximum absolute atomic E-state index is 12.6. The molecule has 2 aromatic carbocycles. The number of carbonyl (C=O) groups excluding carboxylic acids is 2. The molecule has 1 saturated heterocycles. The molecule has 0 radical (unpaired) electrons. The van der Waals surface area contributed by atoms with Crippen LogP contribution >= 0.6 is 12.2 Å². The maximum atomic E-state index is 12.6.